The van der Waals surface area contributed by atoms with Gasteiger partial charge in [-0.1, -0.05) is 36.4 Å². The van der Waals surface area contributed by atoms with Crippen LogP contribution < -0.4 is 16.6 Å². The summed E-state index contributed by atoms with van der Waals surface area (Å²) in [5.74, 6) is 0. The van der Waals surface area contributed by atoms with Crippen molar-refractivity contribution in [2.24, 2.45) is 0 Å². The van der Waals surface area contributed by atoms with Gasteiger partial charge in [0.15, 0.2) is 0 Å². The van der Waals surface area contributed by atoms with Crippen molar-refractivity contribution in [3.05, 3.63) is 99.7 Å². The summed E-state index contributed by atoms with van der Waals surface area (Å²) >= 11 is 0. The molecule has 0 saturated heterocycles. The molecule has 3 aromatic carbocycles. The molecule has 0 aliphatic heterocycles. The van der Waals surface area contributed by atoms with Crippen molar-refractivity contribution >= 4 is 27.6 Å². The van der Waals surface area contributed by atoms with Crippen molar-refractivity contribution in [2.75, 3.05) is 11.9 Å². The number of rotatable bonds is 4. The minimum Gasteiger partial charge on any atom is -0.423 e. The first-order valence-corrected chi connectivity index (χ1v) is 10.1. The van der Waals surface area contributed by atoms with E-state index >= 15 is 0 Å². The average molecular weight is 409 g/mol. The van der Waals surface area contributed by atoms with Crippen molar-refractivity contribution < 1.29 is 8.83 Å². The van der Waals surface area contributed by atoms with Crippen molar-refractivity contribution in [3.8, 4) is 22.3 Å². The third-order valence-corrected chi connectivity index (χ3v) is 5.26. The van der Waals surface area contributed by atoms with Crippen molar-refractivity contribution in [3.63, 3.8) is 0 Å². The lowest BCUT2D eigenvalue weighted by Gasteiger charge is -2.09. The molecule has 0 fully saturated rings. The van der Waals surface area contributed by atoms with E-state index in [4.69, 9.17) is 8.83 Å². The van der Waals surface area contributed by atoms with Crippen LogP contribution >= 0.6 is 0 Å². The number of anilines is 1. The van der Waals surface area contributed by atoms with Gasteiger partial charge >= 0.3 is 11.3 Å². The third kappa shape index (κ3) is 3.51. The Labute approximate surface area is 177 Å². The molecule has 5 aromatic rings. The van der Waals surface area contributed by atoms with Crippen LogP contribution in [0.5, 0.6) is 0 Å². The third-order valence-electron chi connectivity index (χ3n) is 5.26. The van der Waals surface area contributed by atoms with Gasteiger partial charge in [0.1, 0.15) is 11.2 Å². The minimum atomic E-state index is -0.417. The molecule has 0 unspecified atom stereocenters. The van der Waals surface area contributed by atoms with Gasteiger partial charge in [-0.2, -0.15) is 0 Å². The van der Waals surface area contributed by atoms with E-state index in [-0.39, 0.29) is 0 Å². The Hall–Kier alpha value is -4.12. The summed E-state index contributed by atoms with van der Waals surface area (Å²) in [6.07, 6.45) is 0. The van der Waals surface area contributed by atoms with E-state index in [9.17, 15) is 9.59 Å². The van der Waals surface area contributed by atoms with Crippen LogP contribution in [0.1, 0.15) is 6.92 Å². The van der Waals surface area contributed by atoms with Gasteiger partial charge < -0.3 is 14.2 Å². The molecule has 0 spiro atoms. The van der Waals surface area contributed by atoms with Crippen molar-refractivity contribution in [2.45, 2.75) is 6.92 Å². The molecule has 0 radical (unpaired) electrons. The molecular weight excluding hydrogens is 390 g/mol. The zero-order chi connectivity index (χ0) is 21.4. The van der Waals surface area contributed by atoms with Crippen molar-refractivity contribution in [1.82, 2.24) is 0 Å². The molecule has 152 valence electrons. The fourth-order valence-electron chi connectivity index (χ4n) is 3.81. The van der Waals surface area contributed by atoms with E-state index in [0.717, 1.165) is 34.1 Å². The molecule has 0 atom stereocenters. The Balaban J connectivity index is 1.70. The van der Waals surface area contributed by atoms with E-state index in [1.165, 1.54) is 6.07 Å². The number of benzene rings is 3. The Morgan fingerprint density at radius 1 is 0.742 bits per heavy atom. The number of hydrogen-bond donors (Lipinski definition) is 1. The highest BCUT2D eigenvalue weighted by atomic mass is 16.4. The highest BCUT2D eigenvalue weighted by Gasteiger charge is 2.13. The highest BCUT2D eigenvalue weighted by molar-refractivity contribution is 5.96. The SMILES string of the molecule is CCNc1ccc2cc(-c3ccc4oc(=O)cc(-c5ccccc5)c4c3)c(=O)oc2c1. The summed E-state index contributed by atoms with van der Waals surface area (Å²) in [6, 6.07) is 24.0. The van der Waals surface area contributed by atoms with Gasteiger partial charge in [-0.25, -0.2) is 9.59 Å². The van der Waals surface area contributed by atoms with Gasteiger partial charge in [-0.05, 0) is 53.9 Å². The molecule has 1 N–H and O–H groups in total. The van der Waals surface area contributed by atoms with Gasteiger partial charge in [0.2, 0.25) is 0 Å². The maximum absolute atomic E-state index is 12.8. The summed E-state index contributed by atoms with van der Waals surface area (Å²) in [4.78, 5) is 24.9. The van der Waals surface area contributed by atoms with Crippen LogP contribution in [0.3, 0.4) is 0 Å². The molecule has 31 heavy (non-hydrogen) atoms. The zero-order valence-corrected chi connectivity index (χ0v) is 16.8. The second kappa shape index (κ2) is 7.61. The minimum absolute atomic E-state index is 0.416. The Morgan fingerprint density at radius 3 is 2.39 bits per heavy atom. The summed E-state index contributed by atoms with van der Waals surface area (Å²) in [5.41, 5.74) is 3.88. The van der Waals surface area contributed by atoms with Gasteiger partial charge in [0.25, 0.3) is 0 Å². The van der Waals surface area contributed by atoms with Gasteiger partial charge in [-0.15, -0.1) is 0 Å². The first-order chi connectivity index (χ1) is 15.1. The predicted octanol–water partition coefficient (Wildman–Crippen LogP) is 5.67. The van der Waals surface area contributed by atoms with Crippen LogP contribution in [-0.2, 0) is 0 Å². The van der Waals surface area contributed by atoms with E-state index in [1.54, 1.807) is 12.1 Å². The monoisotopic (exact) mass is 409 g/mol. The van der Waals surface area contributed by atoms with Gasteiger partial charge in [-0.3, -0.25) is 0 Å². The van der Waals surface area contributed by atoms with Gasteiger partial charge in [0.05, 0.1) is 5.56 Å². The number of fused-ring (bicyclic) bond motifs is 2. The highest BCUT2D eigenvalue weighted by Crippen LogP contribution is 2.31. The average Bonchev–Trinajstić information content (AvgIpc) is 2.78. The standard InChI is InChI=1S/C26H19NO4/c1-2-27-19-10-8-18-13-21(26(29)31-24(18)14-19)17-9-11-23-22(12-17)20(15-25(28)30-23)16-6-4-3-5-7-16/h3-15,27H,2H2,1H3. The van der Waals surface area contributed by atoms with Crippen LogP contribution in [-0.4, -0.2) is 6.54 Å². The molecule has 5 rings (SSSR count). The molecule has 0 amide bonds. The van der Waals surface area contributed by atoms with Crippen molar-refractivity contribution in [1.29, 1.82) is 0 Å². The topological polar surface area (TPSA) is 72.5 Å². The molecule has 0 aliphatic rings. The van der Waals surface area contributed by atoms with E-state index in [0.29, 0.717) is 22.3 Å². The Bertz CT molecular complexity index is 1530. The molecule has 5 heteroatoms. The number of hydrogen-bond acceptors (Lipinski definition) is 5. The maximum Gasteiger partial charge on any atom is 0.344 e. The molecule has 0 saturated carbocycles. The lowest BCUT2D eigenvalue weighted by molar-refractivity contribution is 0.561. The van der Waals surface area contributed by atoms with Crippen LogP contribution in [0.4, 0.5) is 5.69 Å². The quantitative estimate of drug-likeness (QED) is 0.388. The summed E-state index contributed by atoms with van der Waals surface area (Å²) in [6.45, 7) is 2.79. The normalized spacial score (nSPS) is 11.1. The van der Waals surface area contributed by atoms with E-state index in [2.05, 4.69) is 5.32 Å². The maximum atomic E-state index is 12.8. The molecule has 0 aliphatic carbocycles. The predicted molar refractivity (Wildman–Crippen MR) is 124 cm³/mol. The van der Waals surface area contributed by atoms with Gasteiger partial charge in [0, 0.05) is 35.1 Å². The van der Waals surface area contributed by atoms with Crippen LogP contribution in [0.15, 0.2) is 97.3 Å². The van der Waals surface area contributed by atoms with Crippen LogP contribution in [0.25, 0.3) is 44.2 Å². The first-order valence-electron chi connectivity index (χ1n) is 10.1. The van der Waals surface area contributed by atoms with E-state index in [1.807, 2.05) is 67.6 Å². The summed E-state index contributed by atoms with van der Waals surface area (Å²) in [5, 5.41) is 4.80. The molecule has 2 aromatic heterocycles. The van der Waals surface area contributed by atoms with Crippen LogP contribution in [0.2, 0.25) is 0 Å². The smallest absolute Gasteiger partial charge is 0.344 e. The van der Waals surface area contributed by atoms with E-state index < -0.39 is 11.3 Å². The molecule has 2 heterocycles. The second-order valence-electron chi connectivity index (χ2n) is 7.29. The van der Waals surface area contributed by atoms with Crippen LogP contribution in [0, 0.1) is 0 Å². The lowest BCUT2D eigenvalue weighted by Crippen LogP contribution is -2.04. The Kier molecular flexibility index (Phi) is 4.64. The summed E-state index contributed by atoms with van der Waals surface area (Å²) in [7, 11) is 0. The first kappa shape index (κ1) is 18.9. The Morgan fingerprint density at radius 2 is 1.58 bits per heavy atom. The fourth-order valence-corrected chi connectivity index (χ4v) is 3.81. The lowest BCUT2D eigenvalue weighted by atomic mass is 9.98. The molecule has 5 nitrogen and oxygen atoms in total. The molecular formula is C26H19NO4. The summed E-state index contributed by atoms with van der Waals surface area (Å²) < 4.78 is 11.0. The fraction of sp³-hybridized carbons (Fsp3) is 0.0769. The second-order valence-corrected chi connectivity index (χ2v) is 7.29. The zero-order valence-electron chi connectivity index (χ0n) is 16.8. The number of nitrogens with one attached hydrogen (secondary N) is 1. The molecule has 0 bridgehead atoms. The largest absolute Gasteiger partial charge is 0.423 e.